The topological polar surface area (TPSA) is 87.1 Å². The first-order valence-corrected chi connectivity index (χ1v) is 6.75. The molecule has 0 aliphatic rings. The molecule has 2 N–H and O–H groups in total. The maximum Gasteiger partial charge on any atom is 0.226 e. The molecule has 0 fully saturated rings. The maximum absolute atomic E-state index is 5.68. The third kappa shape index (κ3) is 3.77. The molecule has 0 aromatic carbocycles. The second-order valence-electron chi connectivity index (χ2n) is 4.70. The fraction of sp³-hybridized carbons (Fsp3) is 0.500. The van der Waals surface area contributed by atoms with Gasteiger partial charge in [0, 0.05) is 25.1 Å². The van der Waals surface area contributed by atoms with E-state index in [9.17, 15) is 0 Å². The van der Waals surface area contributed by atoms with E-state index in [4.69, 9.17) is 15.0 Å². The molecular weight excluding hydrogens is 256 g/mol. The van der Waals surface area contributed by atoms with Crippen molar-refractivity contribution >= 4 is 0 Å². The maximum atomic E-state index is 5.68. The van der Waals surface area contributed by atoms with Gasteiger partial charge in [0.25, 0.3) is 0 Å². The van der Waals surface area contributed by atoms with E-state index < -0.39 is 0 Å². The molecule has 0 radical (unpaired) electrons. The van der Waals surface area contributed by atoms with Crippen molar-refractivity contribution in [3.63, 3.8) is 0 Å². The fourth-order valence-electron chi connectivity index (χ4n) is 1.90. The summed E-state index contributed by atoms with van der Waals surface area (Å²) in [6, 6.07) is 3.76. The summed E-state index contributed by atoms with van der Waals surface area (Å²) < 4.78 is 10.3. The highest BCUT2D eigenvalue weighted by molar-refractivity contribution is 5.20. The van der Waals surface area contributed by atoms with Crippen LogP contribution in [-0.4, -0.2) is 28.8 Å². The van der Waals surface area contributed by atoms with Crippen LogP contribution in [0.5, 0.6) is 5.88 Å². The molecule has 0 aliphatic carbocycles. The van der Waals surface area contributed by atoms with Crippen molar-refractivity contribution in [1.82, 2.24) is 15.1 Å². The van der Waals surface area contributed by atoms with Gasteiger partial charge in [-0.2, -0.15) is 4.98 Å². The fourth-order valence-corrected chi connectivity index (χ4v) is 1.90. The van der Waals surface area contributed by atoms with Crippen molar-refractivity contribution in [3.05, 3.63) is 35.6 Å². The van der Waals surface area contributed by atoms with Crippen molar-refractivity contribution in [2.45, 2.75) is 26.2 Å². The number of aromatic nitrogens is 3. The predicted molar refractivity (Wildman–Crippen MR) is 74.4 cm³/mol. The zero-order chi connectivity index (χ0) is 14.4. The van der Waals surface area contributed by atoms with Crippen LogP contribution >= 0.6 is 0 Å². The van der Waals surface area contributed by atoms with Crippen LogP contribution in [0, 0.1) is 5.92 Å². The molecule has 108 valence electrons. The van der Waals surface area contributed by atoms with Crippen LogP contribution in [0.1, 0.15) is 30.6 Å². The van der Waals surface area contributed by atoms with Crippen molar-refractivity contribution < 1.29 is 9.26 Å². The second-order valence-corrected chi connectivity index (χ2v) is 4.70. The molecule has 1 unspecified atom stereocenters. The molecule has 20 heavy (non-hydrogen) atoms. The lowest BCUT2D eigenvalue weighted by atomic mass is 10.0. The smallest absolute Gasteiger partial charge is 0.226 e. The minimum Gasteiger partial charge on any atom is -0.481 e. The number of methoxy groups -OCH3 is 1. The summed E-state index contributed by atoms with van der Waals surface area (Å²) in [6.07, 6.45) is 4.10. The molecule has 6 heteroatoms. The van der Waals surface area contributed by atoms with Gasteiger partial charge in [0.05, 0.1) is 7.11 Å². The van der Waals surface area contributed by atoms with Crippen molar-refractivity contribution in [2.75, 3.05) is 13.7 Å². The lowest BCUT2D eigenvalue weighted by Crippen LogP contribution is -2.16. The van der Waals surface area contributed by atoms with Gasteiger partial charge in [-0.25, -0.2) is 4.98 Å². The van der Waals surface area contributed by atoms with Crippen LogP contribution in [0.3, 0.4) is 0 Å². The molecule has 0 bridgehead atoms. The predicted octanol–water partition coefficient (Wildman–Crippen LogP) is 1.59. The second kappa shape index (κ2) is 7.00. The molecule has 0 saturated carbocycles. The average Bonchev–Trinajstić information content (AvgIpc) is 2.92. The van der Waals surface area contributed by atoms with Crippen LogP contribution < -0.4 is 10.5 Å². The number of rotatable bonds is 7. The summed E-state index contributed by atoms with van der Waals surface area (Å²) in [4.78, 5) is 8.54. The Morgan fingerprint density at radius 2 is 2.25 bits per heavy atom. The SMILES string of the molecule is CCC(CN)Cc1nc(Cc2ccc(OC)nc2)no1. The largest absolute Gasteiger partial charge is 0.481 e. The van der Waals surface area contributed by atoms with Crippen molar-refractivity contribution in [2.24, 2.45) is 11.7 Å². The van der Waals surface area contributed by atoms with Gasteiger partial charge in [0.15, 0.2) is 5.82 Å². The Bertz CT molecular complexity index is 520. The standard InChI is InChI=1S/C14H20N4O2/c1-3-10(8-15)7-14-17-12(18-20-14)6-11-4-5-13(19-2)16-9-11/h4-5,9-10H,3,6-8,15H2,1-2H3. The molecule has 0 aliphatic heterocycles. The number of hydrogen-bond acceptors (Lipinski definition) is 6. The van der Waals surface area contributed by atoms with E-state index >= 15 is 0 Å². The average molecular weight is 276 g/mol. The summed E-state index contributed by atoms with van der Waals surface area (Å²) >= 11 is 0. The van der Waals surface area contributed by atoms with Gasteiger partial charge < -0.3 is 15.0 Å². The number of pyridine rings is 1. The third-order valence-electron chi connectivity index (χ3n) is 3.25. The molecule has 2 aromatic rings. The van der Waals surface area contributed by atoms with Gasteiger partial charge in [-0.05, 0) is 18.0 Å². The molecule has 1 atom stereocenters. The number of nitrogens with two attached hydrogens (primary N) is 1. The first kappa shape index (κ1) is 14.5. The van der Waals surface area contributed by atoms with E-state index in [1.807, 2.05) is 12.1 Å². The van der Waals surface area contributed by atoms with E-state index in [0.29, 0.717) is 36.5 Å². The number of hydrogen-bond donors (Lipinski definition) is 1. The first-order chi connectivity index (χ1) is 9.75. The lowest BCUT2D eigenvalue weighted by Gasteiger charge is -2.07. The molecule has 2 heterocycles. The van der Waals surface area contributed by atoms with Crippen LogP contribution in [0.2, 0.25) is 0 Å². The Morgan fingerprint density at radius 1 is 1.40 bits per heavy atom. The normalized spacial score (nSPS) is 12.3. The highest BCUT2D eigenvalue weighted by Gasteiger charge is 2.12. The zero-order valence-corrected chi connectivity index (χ0v) is 11.9. The van der Waals surface area contributed by atoms with Gasteiger partial charge in [-0.1, -0.05) is 24.6 Å². The zero-order valence-electron chi connectivity index (χ0n) is 11.9. The Morgan fingerprint density at radius 3 is 2.85 bits per heavy atom. The Kier molecular flexibility index (Phi) is 5.06. The number of ether oxygens (including phenoxy) is 1. The quantitative estimate of drug-likeness (QED) is 0.826. The molecular formula is C14H20N4O2. The van der Waals surface area contributed by atoms with E-state index in [1.165, 1.54) is 0 Å². The van der Waals surface area contributed by atoms with E-state index in [-0.39, 0.29) is 0 Å². The Hall–Kier alpha value is -1.95. The summed E-state index contributed by atoms with van der Waals surface area (Å²) in [6.45, 7) is 2.74. The molecule has 6 nitrogen and oxygen atoms in total. The molecule has 0 amide bonds. The highest BCUT2D eigenvalue weighted by atomic mass is 16.5. The molecule has 0 saturated heterocycles. The van der Waals surface area contributed by atoms with Crippen LogP contribution in [0.25, 0.3) is 0 Å². The Labute approximate surface area is 118 Å². The Balaban J connectivity index is 1.97. The van der Waals surface area contributed by atoms with Gasteiger partial charge in [-0.3, -0.25) is 0 Å². The monoisotopic (exact) mass is 276 g/mol. The van der Waals surface area contributed by atoms with Crippen LogP contribution in [0.15, 0.2) is 22.9 Å². The summed E-state index contributed by atoms with van der Waals surface area (Å²) in [7, 11) is 1.59. The first-order valence-electron chi connectivity index (χ1n) is 6.75. The van der Waals surface area contributed by atoms with Gasteiger partial charge in [0.1, 0.15) is 0 Å². The van der Waals surface area contributed by atoms with E-state index in [2.05, 4.69) is 22.0 Å². The minimum atomic E-state index is 0.394. The summed E-state index contributed by atoms with van der Waals surface area (Å²) in [5.74, 6) is 2.31. The van der Waals surface area contributed by atoms with Crippen LogP contribution in [0.4, 0.5) is 0 Å². The molecule has 0 spiro atoms. The third-order valence-corrected chi connectivity index (χ3v) is 3.25. The van der Waals surface area contributed by atoms with Gasteiger partial charge in [-0.15, -0.1) is 0 Å². The minimum absolute atomic E-state index is 0.394. The molecule has 2 aromatic heterocycles. The molecule has 2 rings (SSSR count). The number of nitrogens with zero attached hydrogens (tertiary/aromatic N) is 3. The van der Waals surface area contributed by atoms with Gasteiger partial charge in [0.2, 0.25) is 11.8 Å². The van der Waals surface area contributed by atoms with E-state index in [0.717, 1.165) is 18.4 Å². The van der Waals surface area contributed by atoms with Crippen LogP contribution in [-0.2, 0) is 12.8 Å². The van der Waals surface area contributed by atoms with Gasteiger partial charge >= 0.3 is 0 Å². The lowest BCUT2D eigenvalue weighted by molar-refractivity contribution is 0.347. The summed E-state index contributed by atoms with van der Waals surface area (Å²) in [5.41, 5.74) is 6.70. The highest BCUT2D eigenvalue weighted by Crippen LogP contribution is 2.13. The summed E-state index contributed by atoms with van der Waals surface area (Å²) in [5, 5.41) is 3.99. The van der Waals surface area contributed by atoms with Crippen molar-refractivity contribution in [1.29, 1.82) is 0 Å². The van der Waals surface area contributed by atoms with Crippen molar-refractivity contribution in [3.8, 4) is 5.88 Å². The van der Waals surface area contributed by atoms with E-state index in [1.54, 1.807) is 13.3 Å².